The van der Waals surface area contributed by atoms with Crippen LogP contribution in [0.2, 0.25) is 0 Å². The summed E-state index contributed by atoms with van der Waals surface area (Å²) in [4.78, 5) is 55.4. The molecule has 0 aliphatic heterocycles. The summed E-state index contributed by atoms with van der Waals surface area (Å²) in [6, 6.07) is 15.4. The van der Waals surface area contributed by atoms with Crippen LogP contribution < -0.4 is 25.6 Å². The first-order valence-corrected chi connectivity index (χ1v) is 12.9. The molecule has 0 aliphatic carbocycles. The Morgan fingerprint density at radius 2 is 1.55 bits per heavy atom. The molecule has 3 aromatic carbocycles. The minimum absolute atomic E-state index is 0.0267. The third-order valence-corrected chi connectivity index (χ3v) is 6.67. The Hall–Kier alpha value is -5.26. The zero-order valence-electron chi connectivity index (χ0n) is 23.8. The smallest absolute Gasteiger partial charge is 0.337 e. The lowest BCUT2D eigenvalue weighted by atomic mass is 10.0. The number of carbonyl (C=O) groups is 3. The number of hydrogen-bond acceptors (Lipinski definition) is 8. The van der Waals surface area contributed by atoms with Crippen LogP contribution in [0.15, 0.2) is 59.4 Å². The van der Waals surface area contributed by atoms with E-state index in [1.54, 1.807) is 37.4 Å². The molecule has 0 bridgehead atoms. The fraction of sp³-hybridized carbons (Fsp3) is 0.267. The number of benzene rings is 3. The number of H-pyrrole nitrogens is 1. The highest BCUT2D eigenvalue weighted by molar-refractivity contribution is 5.96. The van der Waals surface area contributed by atoms with Crippen LogP contribution in [0.1, 0.15) is 27.0 Å². The van der Waals surface area contributed by atoms with Gasteiger partial charge in [0.25, 0.3) is 0 Å². The van der Waals surface area contributed by atoms with Crippen LogP contribution in [0.3, 0.4) is 0 Å². The van der Waals surface area contributed by atoms with Crippen molar-refractivity contribution < 1.29 is 33.3 Å². The molecule has 12 heteroatoms. The minimum atomic E-state index is -0.705. The fourth-order valence-corrected chi connectivity index (χ4v) is 4.74. The molecule has 220 valence electrons. The third kappa shape index (κ3) is 6.72. The Balaban J connectivity index is 1.77. The topological polar surface area (TPSA) is 155 Å². The van der Waals surface area contributed by atoms with E-state index >= 15 is 0 Å². The Kier molecular flexibility index (Phi) is 9.15. The average Bonchev–Trinajstić information content (AvgIpc) is 3.30. The summed E-state index contributed by atoms with van der Waals surface area (Å²) in [7, 11) is 5.80. The predicted molar refractivity (Wildman–Crippen MR) is 154 cm³/mol. The summed E-state index contributed by atoms with van der Waals surface area (Å²) < 4.78 is 22.3. The van der Waals surface area contributed by atoms with Crippen molar-refractivity contribution in [3.8, 4) is 17.2 Å². The molecule has 0 spiro atoms. The highest BCUT2D eigenvalue weighted by Gasteiger charge is 2.23. The second-order valence-corrected chi connectivity index (χ2v) is 9.50. The molecule has 0 radical (unpaired) electrons. The number of methoxy groups -OCH3 is 4. The number of nitrogens with two attached hydrogens (primary N) is 1. The second-order valence-electron chi connectivity index (χ2n) is 9.50. The van der Waals surface area contributed by atoms with E-state index in [-0.39, 0.29) is 31.6 Å². The van der Waals surface area contributed by atoms with Gasteiger partial charge in [-0.3, -0.25) is 14.2 Å². The fourth-order valence-electron chi connectivity index (χ4n) is 4.74. The van der Waals surface area contributed by atoms with Crippen LogP contribution in [0.25, 0.3) is 11.0 Å². The number of rotatable bonds is 12. The van der Waals surface area contributed by atoms with Gasteiger partial charge in [-0.15, -0.1) is 0 Å². The molecule has 0 atom stereocenters. The molecule has 3 N–H and O–H groups in total. The number of imidazole rings is 1. The monoisotopic (exact) mass is 576 g/mol. The van der Waals surface area contributed by atoms with Gasteiger partial charge in [-0.1, -0.05) is 12.1 Å². The number of aromatic nitrogens is 2. The number of aromatic amines is 1. The molecule has 1 aromatic heterocycles. The minimum Gasteiger partial charge on any atom is -0.497 e. The van der Waals surface area contributed by atoms with Gasteiger partial charge in [0.2, 0.25) is 11.8 Å². The highest BCUT2D eigenvalue weighted by Crippen LogP contribution is 2.25. The van der Waals surface area contributed by atoms with Crippen molar-refractivity contribution in [1.82, 2.24) is 14.5 Å². The van der Waals surface area contributed by atoms with E-state index in [2.05, 4.69) is 4.98 Å². The number of hydrogen-bond donors (Lipinski definition) is 2. The van der Waals surface area contributed by atoms with Crippen molar-refractivity contribution in [2.45, 2.75) is 19.5 Å². The number of nitrogens with one attached hydrogen (secondary N) is 1. The van der Waals surface area contributed by atoms with Gasteiger partial charge in [-0.2, -0.15) is 0 Å². The van der Waals surface area contributed by atoms with Crippen molar-refractivity contribution in [2.75, 3.05) is 35.0 Å². The lowest BCUT2D eigenvalue weighted by Gasteiger charge is -2.22. The van der Waals surface area contributed by atoms with Gasteiger partial charge in [-0.25, -0.2) is 9.59 Å². The third-order valence-electron chi connectivity index (χ3n) is 6.67. The summed E-state index contributed by atoms with van der Waals surface area (Å²) in [5, 5.41) is 0. The number of esters is 1. The standard InChI is InChI=1S/C30H32N4O8/c1-39-22-7-5-6-18(8-22)16-34-28-20(11-21(29(37)42-4)12-25(28)32-30(34)38)13-27(36)33(17-26(31)35)15-19-9-23(40-2)14-24(10-19)41-3/h5-12,14H,13,15-17H2,1-4H3,(H2,31,35)(H,32,38). The summed E-state index contributed by atoms with van der Waals surface area (Å²) in [5.74, 6) is -0.150. The number of carbonyl (C=O) groups excluding carboxylic acids is 3. The second kappa shape index (κ2) is 12.9. The van der Waals surface area contributed by atoms with Crippen molar-refractivity contribution in [2.24, 2.45) is 5.73 Å². The van der Waals surface area contributed by atoms with Gasteiger partial charge in [0, 0.05) is 12.6 Å². The molecular formula is C30H32N4O8. The first kappa shape index (κ1) is 29.7. The molecule has 42 heavy (non-hydrogen) atoms. The largest absolute Gasteiger partial charge is 0.497 e. The first-order valence-electron chi connectivity index (χ1n) is 12.9. The maximum absolute atomic E-state index is 13.7. The van der Waals surface area contributed by atoms with Crippen LogP contribution in [0.5, 0.6) is 17.2 Å². The van der Waals surface area contributed by atoms with E-state index in [0.717, 1.165) is 5.56 Å². The molecule has 0 saturated carbocycles. The summed E-state index contributed by atoms with van der Waals surface area (Å²) in [6.45, 7) is -0.162. The maximum atomic E-state index is 13.7. The van der Waals surface area contributed by atoms with Gasteiger partial charge in [0.05, 0.1) is 64.5 Å². The van der Waals surface area contributed by atoms with E-state index in [4.69, 9.17) is 24.7 Å². The van der Waals surface area contributed by atoms with Gasteiger partial charge in [-0.05, 0) is 53.1 Å². The summed E-state index contributed by atoms with van der Waals surface area (Å²) >= 11 is 0. The van der Waals surface area contributed by atoms with Crippen LogP contribution in [-0.2, 0) is 33.8 Å². The van der Waals surface area contributed by atoms with Crippen LogP contribution in [-0.4, -0.2) is 67.2 Å². The molecule has 0 aliphatic rings. The molecule has 0 unspecified atom stereocenters. The Labute approximate surface area is 241 Å². The number of nitrogens with zero attached hydrogens (tertiary/aromatic N) is 2. The van der Waals surface area contributed by atoms with E-state index in [0.29, 0.717) is 39.4 Å². The maximum Gasteiger partial charge on any atom is 0.337 e. The number of primary amides is 1. The van der Waals surface area contributed by atoms with Gasteiger partial charge in [0.15, 0.2) is 0 Å². The highest BCUT2D eigenvalue weighted by atomic mass is 16.5. The molecule has 4 rings (SSSR count). The van der Waals surface area contributed by atoms with Crippen molar-refractivity contribution in [1.29, 1.82) is 0 Å². The average molecular weight is 577 g/mol. The van der Waals surface area contributed by atoms with E-state index in [9.17, 15) is 19.2 Å². The molecular weight excluding hydrogens is 544 g/mol. The van der Waals surface area contributed by atoms with Gasteiger partial charge >= 0.3 is 11.7 Å². The summed E-state index contributed by atoms with van der Waals surface area (Å²) in [5.41, 5.74) is 7.83. The predicted octanol–water partition coefficient (Wildman–Crippen LogP) is 2.25. The molecule has 1 heterocycles. The van der Waals surface area contributed by atoms with Crippen molar-refractivity contribution >= 4 is 28.8 Å². The molecule has 12 nitrogen and oxygen atoms in total. The zero-order valence-corrected chi connectivity index (χ0v) is 23.8. The van der Waals surface area contributed by atoms with E-state index < -0.39 is 23.5 Å². The van der Waals surface area contributed by atoms with Crippen LogP contribution >= 0.6 is 0 Å². The molecule has 0 fully saturated rings. The lowest BCUT2D eigenvalue weighted by molar-refractivity contribution is -0.135. The van der Waals surface area contributed by atoms with Gasteiger partial charge < -0.3 is 34.6 Å². The quantitative estimate of drug-likeness (QED) is 0.243. The molecule has 2 amide bonds. The number of amides is 2. The number of fused-ring (bicyclic) bond motifs is 1. The lowest BCUT2D eigenvalue weighted by Crippen LogP contribution is -2.39. The summed E-state index contributed by atoms with van der Waals surface area (Å²) in [6.07, 6.45) is -0.245. The van der Waals surface area contributed by atoms with Crippen LogP contribution in [0.4, 0.5) is 0 Å². The van der Waals surface area contributed by atoms with Crippen molar-refractivity contribution in [3.63, 3.8) is 0 Å². The van der Waals surface area contributed by atoms with Crippen LogP contribution in [0, 0.1) is 0 Å². The normalized spacial score (nSPS) is 10.8. The zero-order chi connectivity index (χ0) is 30.4. The van der Waals surface area contributed by atoms with E-state index in [1.807, 2.05) is 12.1 Å². The Bertz CT molecular complexity index is 1670. The Morgan fingerprint density at radius 3 is 2.17 bits per heavy atom. The molecule has 4 aromatic rings. The molecule has 0 saturated heterocycles. The Morgan fingerprint density at radius 1 is 0.881 bits per heavy atom. The van der Waals surface area contributed by atoms with Crippen molar-refractivity contribution in [3.05, 3.63) is 87.3 Å². The number of ether oxygens (including phenoxy) is 4. The first-order chi connectivity index (χ1) is 20.1. The van der Waals surface area contributed by atoms with Gasteiger partial charge in [0.1, 0.15) is 17.2 Å². The van der Waals surface area contributed by atoms with E-state index in [1.165, 1.54) is 42.9 Å². The SMILES string of the molecule is COC(=O)c1cc(CC(=O)N(CC(N)=O)Cc2cc(OC)cc(OC)c2)c2c(c1)[nH]c(=O)n2Cc1cccc(OC)c1.